The van der Waals surface area contributed by atoms with E-state index in [0.717, 1.165) is 38.4 Å². The Hall–Kier alpha value is -1.48. The minimum atomic E-state index is 0.806. The number of para-hydroxylation sites is 1. The SMILES string of the molecule is c1cc2c3c(c1)c1c(n3CCO2)CCNC1. The maximum Gasteiger partial charge on any atom is 0.143 e. The van der Waals surface area contributed by atoms with Crippen molar-refractivity contribution in [1.29, 1.82) is 0 Å². The van der Waals surface area contributed by atoms with Crippen LogP contribution in [-0.4, -0.2) is 17.7 Å². The van der Waals surface area contributed by atoms with E-state index in [4.69, 9.17) is 4.74 Å². The third-order valence-corrected chi connectivity index (χ3v) is 3.68. The molecule has 0 spiro atoms. The van der Waals surface area contributed by atoms with Crippen LogP contribution < -0.4 is 10.1 Å². The van der Waals surface area contributed by atoms with Crippen LogP contribution in [0.25, 0.3) is 10.9 Å². The Morgan fingerprint density at radius 2 is 2.31 bits per heavy atom. The molecule has 3 nitrogen and oxygen atoms in total. The van der Waals surface area contributed by atoms with Gasteiger partial charge >= 0.3 is 0 Å². The van der Waals surface area contributed by atoms with Gasteiger partial charge < -0.3 is 14.6 Å². The van der Waals surface area contributed by atoms with Crippen LogP contribution in [0.4, 0.5) is 0 Å². The zero-order chi connectivity index (χ0) is 10.5. The standard InChI is InChI=1S/C13H14N2O/c1-2-9-10-8-14-5-4-11(10)15-6-7-16-12(3-1)13(9)15/h1-3,14H,4-8H2. The van der Waals surface area contributed by atoms with Gasteiger partial charge in [-0.05, 0) is 11.6 Å². The zero-order valence-electron chi connectivity index (χ0n) is 9.12. The fraction of sp³-hybridized carbons (Fsp3) is 0.385. The van der Waals surface area contributed by atoms with Crippen LogP contribution in [0.1, 0.15) is 11.3 Å². The van der Waals surface area contributed by atoms with Gasteiger partial charge in [0.1, 0.15) is 12.4 Å². The van der Waals surface area contributed by atoms with Crippen molar-refractivity contribution in [2.45, 2.75) is 19.5 Å². The van der Waals surface area contributed by atoms with Gasteiger partial charge in [0.25, 0.3) is 0 Å². The Balaban J connectivity index is 2.16. The molecular weight excluding hydrogens is 200 g/mol. The summed E-state index contributed by atoms with van der Waals surface area (Å²) in [5, 5.41) is 4.83. The first-order valence-electron chi connectivity index (χ1n) is 5.91. The number of fused-ring (bicyclic) bond motifs is 3. The number of aromatic nitrogens is 1. The smallest absolute Gasteiger partial charge is 0.143 e. The number of nitrogens with zero attached hydrogens (tertiary/aromatic N) is 1. The van der Waals surface area contributed by atoms with Gasteiger partial charge in [-0.25, -0.2) is 0 Å². The van der Waals surface area contributed by atoms with Crippen LogP contribution in [-0.2, 0) is 19.5 Å². The first-order chi connectivity index (χ1) is 7.95. The lowest BCUT2D eigenvalue weighted by atomic mass is 10.1. The lowest BCUT2D eigenvalue weighted by molar-refractivity contribution is 0.284. The summed E-state index contributed by atoms with van der Waals surface area (Å²) in [5.41, 5.74) is 4.31. The largest absolute Gasteiger partial charge is 0.490 e. The van der Waals surface area contributed by atoms with Crippen molar-refractivity contribution in [3.63, 3.8) is 0 Å². The molecule has 2 aliphatic heterocycles. The van der Waals surface area contributed by atoms with E-state index in [1.165, 1.54) is 22.2 Å². The van der Waals surface area contributed by atoms with Crippen molar-refractivity contribution in [1.82, 2.24) is 9.88 Å². The van der Waals surface area contributed by atoms with E-state index >= 15 is 0 Å². The molecule has 1 aromatic heterocycles. The highest BCUT2D eigenvalue weighted by Gasteiger charge is 2.23. The number of rotatable bonds is 0. The molecule has 3 heteroatoms. The van der Waals surface area contributed by atoms with Crippen LogP contribution in [0, 0.1) is 0 Å². The van der Waals surface area contributed by atoms with Gasteiger partial charge in [0, 0.05) is 30.6 Å². The van der Waals surface area contributed by atoms with Gasteiger partial charge in [0.05, 0.1) is 12.1 Å². The lowest BCUT2D eigenvalue weighted by Gasteiger charge is -2.20. The second-order valence-electron chi connectivity index (χ2n) is 4.50. The number of nitrogens with one attached hydrogen (secondary N) is 1. The van der Waals surface area contributed by atoms with E-state index < -0.39 is 0 Å². The lowest BCUT2D eigenvalue weighted by Crippen LogP contribution is -2.25. The quantitative estimate of drug-likeness (QED) is 0.722. The van der Waals surface area contributed by atoms with E-state index in [1.807, 2.05) is 0 Å². The van der Waals surface area contributed by atoms with Gasteiger partial charge in [-0.2, -0.15) is 0 Å². The van der Waals surface area contributed by atoms with Crippen LogP contribution in [0.15, 0.2) is 18.2 Å². The zero-order valence-corrected chi connectivity index (χ0v) is 9.12. The maximum absolute atomic E-state index is 5.73. The van der Waals surface area contributed by atoms with Crippen LogP contribution in [0.2, 0.25) is 0 Å². The Bertz CT molecular complexity index is 571. The molecule has 3 heterocycles. The molecule has 1 aromatic carbocycles. The van der Waals surface area contributed by atoms with Crippen molar-refractivity contribution in [2.75, 3.05) is 13.2 Å². The molecule has 2 aromatic rings. The average molecular weight is 214 g/mol. The third kappa shape index (κ3) is 0.964. The highest BCUT2D eigenvalue weighted by molar-refractivity contribution is 5.91. The monoisotopic (exact) mass is 214 g/mol. The Morgan fingerprint density at radius 1 is 1.31 bits per heavy atom. The molecule has 0 unspecified atom stereocenters. The fourth-order valence-corrected chi connectivity index (χ4v) is 3.01. The summed E-state index contributed by atoms with van der Waals surface area (Å²) in [4.78, 5) is 0. The number of hydrogen-bond acceptors (Lipinski definition) is 2. The summed E-state index contributed by atoms with van der Waals surface area (Å²) in [6.07, 6.45) is 1.14. The average Bonchev–Trinajstić information content (AvgIpc) is 2.68. The van der Waals surface area contributed by atoms with Crippen LogP contribution >= 0.6 is 0 Å². The molecule has 2 aliphatic rings. The molecule has 0 aliphatic carbocycles. The summed E-state index contributed by atoms with van der Waals surface area (Å²) < 4.78 is 8.19. The minimum Gasteiger partial charge on any atom is -0.490 e. The predicted octanol–water partition coefficient (Wildman–Crippen LogP) is 1.68. The Kier molecular flexibility index (Phi) is 1.63. The second kappa shape index (κ2) is 3.01. The molecule has 0 fully saturated rings. The number of hydrogen-bond donors (Lipinski definition) is 1. The summed E-state index contributed by atoms with van der Waals surface area (Å²) in [5.74, 6) is 1.05. The van der Waals surface area contributed by atoms with E-state index in [2.05, 4.69) is 28.1 Å². The molecule has 1 N–H and O–H groups in total. The molecule has 0 amide bonds. The maximum atomic E-state index is 5.73. The summed E-state index contributed by atoms with van der Waals surface area (Å²) in [6, 6.07) is 6.40. The van der Waals surface area contributed by atoms with Crippen molar-refractivity contribution in [3.05, 3.63) is 29.5 Å². The van der Waals surface area contributed by atoms with Crippen molar-refractivity contribution >= 4 is 10.9 Å². The highest BCUT2D eigenvalue weighted by Crippen LogP contribution is 2.36. The van der Waals surface area contributed by atoms with Gasteiger partial charge in [-0.3, -0.25) is 0 Å². The van der Waals surface area contributed by atoms with Crippen molar-refractivity contribution in [3.8, 4) is 5.75 Å². The summed E-state index contributed by atoms with van der Waals surface area (Å²) in [6.45, 7) is 3.91. The van der Waals surface area contributed by atoms with Gasteiger partial charge in [0.15, 0.2) is 0 Å². The molecule has 0 saturated carbocycles. The third-order valence-electron chi connectivity index (χ3n) is 3.68. The fourth-order valence-electron chi connectivity index (χ4n) is 3.01. The van der Waals surface area contributed by atoms with Gasteiger partial charge in [-0.1, -0.05) is 12.1 Å². The molecule has 16 heavy (non-hydrogen) atoms. The molecular formula is C13H14N2O. The van der Waals surface area contributed by atoms with E-state index in [0.29, 0.717) is 0 Å². The van der Waals surface area contributed by atoms with E-state index in [9.17, 15) is 0 Å². The Morgan fingerprint density at radius 3 is 3.31 bits per heavy atom. The van der Waals surface area contributed by atoms with Gasteiger partial charge in [0.2, 0.25) is 0 Å². The number of benzene rings is 1. The highest BCUT2D eigenvalue weighted by atomic mass is 16.5. The van der Waals surface area contributed by atoms with Crippen molar-refractivity contribution in [2.24, 2.45) is 0 Å². The van der Waals surface area contributed by atoms with Gasteiger partial charge in [-0.15, -0.1) is 0 Å². The second-order valence-corrected chi connectivity index (χ2v) is 4.50. The van der Waals surface area contributed by atoms with Crippen LogP contribution in [0.3, 0.4) is 0 Å². The summed E-state index contributed by atoms with van der Waals surface area (Å²) >= 11 is 0. The van der Waals surface area contributed by atoms with Crippen molar-refractivity contribution < 1.29 is 4.74 Å². The normalized spacial score (nSPS) is 18.2. The molecule has 4 rings (SSSR count). The molecule has 0 atom stereocenters. The topological polar surface area (TPSA) is 26.2 Å². The molecule has 82 valence electrons. The van der Waals surface area contributed by atoms with E-state index in [-0.39, 0.29) is 0 Å². The number of ether oxygens (including phenoxy) is 1. The minimum absolute atomic E-state index is 0.806. The Labute approximate surface area is 94.0 Å². The first-order valence-corrected chi connectivity index (χ1v) is 5.91. The first kappa shape index (κ1) is 8.65. The molecule has 0 saturated heterocycles. The summed E-state index contributed by atoms with van der Waals surface area (Å²) in [7, 11) is 0. The molecule has 0 radical (unpaired) electrons. The van der Waals surface area contributed by atoms with E-state index in [1.54, 1.807) is 0 Å². The molecule has 0 bridgehead atoms. The van der Waals surface area contributed by atoms with Crippen LogP contribution in [0.5, 0.6) is 5.75 Å². The predicted molar refractivity (Wildman–Crippen MR) is 62.8 cm³/mol.